The van der Waals surface area contributed by atoms with Crippen molar-refractivity contribution in [2.24, 2.45) is 23.7 Å². The first-order valence-electron chi connectivity index (χ1n) is 18.1. The molecule has 3 saturated carbocycles. The van der Waals surface area contributed by atoms with Gasteiger partial charge in [0.25, 0.3) is 0 Å². The Morgan fingerprint density at radius 3 is 2.46 bits per heavy atom. The number of hydrogen-bond acceptors (Lipinski definition) is 10. The van der Waals surface area contributed by atoms with Crippen LogP contribution in [0, 0.1) is 40.4 Å². The molecule has 2 N–H and O–H groups in total. The van der Waals surface area contributed by atoms with E-state index in [9.17, 15) is 15.2 Å². The lowest BCUT2D eigenvalue weighted by Crippen LogP contribution is -2.75. The van der Waals surface area contributed by atoms with Crippen molar-refractivity contribution >= 4 is 29.5 Å². The smallest absolute Gasteiger partial charge is 0.333 e. The van der Waals surface area contributed by atoms with Crippen LogP contribution in [0.4, 0.5) is 0 Å². The second kappa shape index (κ2) is 12.0. The summed E-state index contributed by atoms with van der Waals surface area (Å²) in [5.41, 5.74) is -0.102. The van der Waals surface area contributed by atoms with Gasteiger partial charge in [-0.1, -0.05) is 29.4 Å². The number of hydrogen-bond donors (Lipinski definition) is 2. The summed E-state index contributed by atoms with van der Waals surface area (Å²) >= 11 is 0. The number of ketones is 1. The van der Waals surface area contributed by atoms with Crippen LogP contribution in [0.5, 0.6) is 17.2 Å². The standard InChI is InChI=1S/C42H48N2O8/c1-21(2)11-10-16-40(8)17-15-24-32(45)30-34(25(33(24)50-40)13-12-22(3)4)51-42-28-19-26(29-27(20-43)37(44)49-35(30)31(29)42)36(46)41(42,52-39(28,6)7)18-14-23(5)38(47)48-9/h11-12,14-15,17,26-29,44-45H,10,13,16,18-19H2,1-9H3. The second-order valence-electron chi connectivity index (χ2n) is 16.4. The molecule has 7 unspecified atom stereocenters. The molecule has 1 spiro atoms. The van der Waals surface area contributed by atoms with Gasteiger partial charge in [0.1, 0.15) is 40.1 Å². The summed E-state index contributed by atoms with van der Waals surface area (Å²) in [6, 6.07) is 2.25. The maximum absolute atomic E-state index is 15.1. The monoisotopic (exact) mass is 708 g/mol. The zero-order valence-corrected chi connectivity index (χ0v) is 31.5. The number of nitrogens with zero attached hydrogens (tertiary/aromatic N) is 1. The van der Waals surface area contributed by atoms with Crippen molar-refractivity contribution in [2.75, 3.05) is 7.11 Å². The first-order valence-corrected chi connectivity index (χ1v) is 18.1. The highest BCUT2D eigenvalue weighted by Gasteiger charge is 2.84. The molecule has 4 bridgehead atoms. The molecule has 1 saturated heterocycles. The maximum atomic E-state index is 15.1. The van der Waals surface area contributed by atoms with E-state index >= 15 is 4.79 Å². The molecule has 1 aromatic rings. The molecule has 0 radical (unpaired) electrons. The number of benzene rings is 1. The first kappa shape index (κ1) is 35.8. The molecular weight excluding hydrogens is 660 g/mol. The number of phenolic OH excluding ortho intramolecular Hbond substituents is 1. The fourth-order valence-electron chi connectivity index (χ4n) is 9.67. The van der Waals surface area contributed by atoms with Gasteiger partial charge in [0.15, 0.2) is 17.0 Å². The van der Waals surface area contributed by atoms with E-state index < -0.39 is 46.1 Å². The average molecular weight is 709 g/mol. The average Bonchev–Trinajstić information content (AvgIpc) is 3.22. The molecule has 10 heteroatoms. The van der Waals surface area contributed by atoms with Gasteiger partial charge in [-0.15, -0.1) is 0 Å². The topological polar surface area (TPSA) is 148 Å². The third kappa shape index (κ3) is 4.81. The minimum absolute atomic E-state index is 0.00139. The lowest BCUT2D eigenvalue weighted by molar-refractivity contribution is -0.183. The van der Waals surface area contributed by atoms with E-state index in [0.29, 0.717) is 53.0 Å². The fourth-order valence-corrected chi connectivity index (χ4v) is 9.67. The number of esters is 1. The van der Waals surface area contributed by atoms with Crippen molar-refractivity contribution in [3.63, 3.8) is 0 Å². The highest BCUT2D eigenvalue weighted by molar-refractivity contribution is 6.03. The number of nitrogens with one attached hydrogen (secondary N) is 1. The van der Waals surface area contributed by atoms with Crippen LogP contribution in [0.2, 0.25) is 0 Å². The Morgan fingerprint density at radius 1 is 1.10 bits per heavy atom. The Balaban J connectivity index is 1.54. The van der Waals surface area contributed by atoms with Gasteiger partial charge in [0.05, 0.1) is 24.3 Å². The quantitative estimate of drug-likeness (QED) is 0.158. The molecule has 10 nitrogen and oxygen atoms in total. The van der Waals surface area contributed by atoms with Crippen molar-refractivity contribution in [2.45, 2.75) is 110 Å². The Kier molecular flexibility index (Phi) is 8.22. The van der Waals surface area contributed by atoms with Crippen molar-refractivity contribution in [1.29, 1.82) is 10.7 Å². The molecule has 4 fully saturated rings. The summed E-state index contributed by atoms with van der Waals surface area (Å²) in [6.45, 7) is 15.7. The van der Waals surface area contributed by atoms with Gasteiger partial charge in [-0.3, -0.25) is 10.2 Å². The predicted octanol–water partition coefficient (Wildman–Crippen LogP) is 7.69. The highest BCUT2D eigenvalue weighted by Crippen LogP contribution is 2.74. The molecule has 8 rings (SSSR count). The molecule has 274 valence electrons. The van der Waals surface area contributed by atoms with E-state index in [2.05, 4.69) is 32.1 Å². The zero-order chi connectivity index (χ0) is 37.7. The third-order valence-corrected chi connectivity index (χ3v) is 12.0. The molecule has 4 aliphatic heterocycles. The van der Waals surface area contributed by atoms with Gasteiger partial charge in [-0.25, -0.2) is 4.79 Å². The van der Waals surface area contributed by atoms with Crippen LogP contribution >= 0.6 is 0 Å². The van der Waals surface area contributed by atoms with Crippen LogP contribution in [0.1, 0.15) is 97.8 Å². The lowest BCUT2D eigenvalue weighted by Gasteiger charge is -2.62. The van der Waals surface area contributed by atoms with E-state index in [1.54, 1.807) is 13.0 Å². The number of nitriles is 1. The number of ether oxygens (including phenoxy) is 5. The van der Waals surface area contributed by atoms with Gasteiger partial charge in [-0.05, 0) is 93.2 Å². The van der Waals surface area contributed by atoms with Crippen molar-refractivity contribution in [3.05, 3.63) is 63.3 Å². The molecule has 7 atom stereocenters. The minimum atomic E-state index is -1.62. The van der Waals surface area contributed by atoms with Crippen LogP contribution < -0.4 is 9.47 Å². The van der Waals surface area contributed by atoms with Gasteiger partial charge < -0.3 is 28.8 Å². The van der Waals surface area contributed by atoms with Gasteiger partial charge >= 0.3 is 5.97 Å². The van der Waals surface area contributed by atoms with Crippen LogP contribution in [0.15, 0.2) is 46.6 Å². The van der Waals surface area contributed by atoms with Crippen LogP contribution in [0.25, 0.3) is 11.8 Å². The first-order chi connectivity index (χ1) is 24.5. The summed E-state index contributed by atoms with van der Waals surface area (Å²) in [4.78, 5) is 27.7. The Morgan fingerprint density at radius 2 is 1.81 bits per heavy atom. The van der Waals surface area contributed by atoms with E-state index in [1.807, 2.05) is 46.8 Å². The molecule has 0 aromatic heterocycles. The summed E-state index contributed by atoms with van der Waals surface area (Å²) in [5, 5.41) is 31.7. The molecule has 52 heavy (non-hydrogen) atoms. The van der Waals surface area contributed by atoms with E-state index in [-0.39, 0.29) is 41.1 Å². The highest BCUT2D eigenvalue weighted by atomic mass is 16.6. The number of rotatable bonds is 8. The third-order valence-electron chi connectivity index (χ3n) is 12.0. The van der Waals surface area contributed by atoms with Gasteiger partial charge in [-0.2, -0.15) is 5.26 Å². The van der Waals surface area contributed by atoms with Crippen LogP contribution in [0.3, 0.4) is 0 Å². The minimum Gasteiger partial charge on any atom is -0.506 e. The van der Waals surface area contributed by atoms with E-state index in [1.165, 1.54) is 12.7 Å². The number of carbonyl (C=O) groups excluding carboxylic acids is 2. The number of carbonyl (C=O) groups is 2. The van der Waals surface area contributed by atoms with Crippen LogP contribution in [-0.2, 0) is 30.2 Å². The largest absolute Gasteiger partial charge is 0.506 e. The predicted molar refractivity (Wildman–Crippen MR) is 195 cm³/mol. The maximum Gasteiger partial charge on any atom is 0.333 e. The fraction of sp³-hybridized carbons (Fsp3) is 0.524. The zero-order valence-electron chi connectivity index (χ0n) is 31.5. The summed E-state index contributed by atoms with van der Waals surface area (Å²) < 4.78 is 32.7. The van der Waals surface area contributed by atoms with Gasteiger partial charge in [0.2, 0.25) is 5.90 Å². The number of aromatic hydroxyl groups is 1. The normalized spacial score (nSPS) is 32.7. The Bertz CT molecular complexity index is 2020. The second-order valence-corrected chi connectivity index (χ2v) is 16.4. The number of Topliss-reactive ketones (excluding diaryl/α,β-unsaturated/α-hetero) is 1. The molecule has 1 aromatic carbocycles. The number of phenols is 1. The number of methoxy groups -OCH3 is 1. The van der Waals surface area contributed by atoms with Crippen molar-refractivity contribution in [1.82, 2.24) is 0 Å². The summed E-state index contributed by atoms with van der Waals surface area (Å²) in [6.07, 6.45) is 12.0. The van der Waals surface area contributed by atoms with Crippen LogP contribution in [-0.4, -0.2) is 52.3 Å². The van der Waals surface area contributed by atoms with E-state index in [0.717, 1.165) is 12.0 Å². The van der Waals surface area contributed by atoms with E-state index in [4.69, 9.17) is 29.1 Å². The molecule has 4 heterocycles. The molecule has 3 aliphatic carbocycles. The molecule has 0 amide bonds. The number of allylic oxidation sites excluding steroid dienone is 4. The van der Waals surface area contributed by atoms with Crippen molar-refractivity contribution in [3.8, 4) is 23.3 Å². The van der Waals surface area contributed by atoms with Crippen molar-refractivity contribution < 1.29 is 38.4 Å². The van der Waals surface area contributed by atoms with Gasteiger partial charge in [0, 0.05) is 40.9 Å². The molecular formula is C42H48N2O8. The number of fused-ring (bicyclic) bond motifs is 3. The summed E-state index contributed by atoms with van der Waals surface area (Å²) in [5.74, 6) is -2.98. The molecule has 7 aliphatic rings. The SMILES string of the molecule is COC(=O)C(C)=CCC12OC(C)(C)C3CC(C1=O)C1C4=C(OC(=N)C1C#N)c1c(O)c5c(c(CC=C(C)C)c1OC432)OC(C)(CCC=C(C)C)C=C5. The Hall–Kier alpha value is -4.62. The summed E-state index contributed by atoms with van der Waals surface area (Å²) in [7, 11) is 1.31. The Labute approximate surface area is 305 Å². The lowest BCUT2D eigenvalue weighted by atomic mass is 9.44.